The van der Waals surface area contributed by atoms with Crippen molar-refractivity contribution in [3.05, 3.63) is 34.6 Å². The Kier molecular flexibility index (Phi) is 3.97. The first-order chi connectivity index (χ1) is 9.70. The molecular formula is C12H13N3O4S2. The van der Waals surface area contributed by atoms with Crippen LogP contribution in [0.5, 0.6) is 0 Å². The third-order valence-corrected chi connectivity index (χ3v) is 5.22. The highest BCUT2D eigenvalue weighted by atomic mass is 32.2. The van der Waals surface area contributed by atoms with E-state index in [-0.39, 0.29) is 15.6 Å². The summed E-state index contributed by atoms with van der Waals surface area (Å²) in [6, 6.07) is 2.58. The number of carboxylic acid groups (broad SMARTS) is 1. The van der Waals surface area contributed by atoms with Crippen LogP contribution in [0.2, 0.25) is 0 Å². The number of anilines is 1. The van der Waals surface area contributed by atoms with Gasteiger partial charge in [0.25, 0.3) is 10.0 Å². The standard InChI is InChI=1S/C12H13N3O4S2/c1-6-4-9(11(16)17)5-10(7(6)2)21(18,19)15-12-13-8(3)14-20-12/h4-5H,1-3H3,(H,16,17)(H,13,14,15). The minimum atomic E-state index is -3.91. The summed E-state index contributed by atoms with van der Waals surface area (Å²) in [6.07, 6.45) is 0. The van der Waals surface area contributed by atoms with E-state index in [4.69, 9.17) is 5.11 Å². The SMILES string of the molecule is Cc1nsc(NS(=O)(=O)c2cc(C(=O)O)cc(C)c2C)n1. The van der Waals surface area contributed by atoms with Crippen molar-refractivity contribution < 1.29 is 18.3 Å². The van der Waals surface area contributed by atoms with Crippen LogP contribution in [0.15, 0.2) is 17.0 Å². The Morgan fingerprint density at radius 3 is 2.48 bits per heavy atom. The van der Waals surface area contributed by atoms with Gasteiger partial charge in [-0.2, -0.15) is 4.37 Å². The maximum atomic E-state index is 12.4. The fourth-order valence-corrected chi connectivity index (χ4v) is 3.88. The minimum absolute atomic E-state index is 0.0762. The molecule has 0 saturated carbocycles. The molecule has 112 valence electrons. The van der Waals surface area contributed by atoms with Gasteiger partial charge >= 0.3 is 5.97 Å². The van der Waals surface area contributed by atoms with E-state index in [2.05, 4.69) is 14.1 Å². The van der Waals surface area contributed by atoms with Crippen molar-refractivity contribution in [2.24, 2.45) is 0 Å². The van der Waals surface area contributed by atoms with E-state index in [1.54, 1.807) is 20.8 Å². The van der Waals surface area contributed by atoms with Crippen LogP contribution < -0.4 is 4.72 Å². The number of carboxylic acids is 1. The number of nitrogens with one attached hydrogen (secondary N) is 1. The number of aryl methyl sites for hydroxylation is 2. The normalized spacial score (nSPS) is 11.4. The molecule has 9 heteroatoms. The Morgan fingerprint density at radius 2 is 1.95 bits per heavy atom. The minimum Gasteiger partial charge on any atom is -0.478 e. The zero-order valence-corrected chi connectivity index (χ0v) is 13.2. The van der Waals surface area contributed by atoms with Gasteiger partial charge in [-0.3, -0.25) is 4.72 Å². The second-order valence-electron chi connectivity index (χ2n) is 4.47. The number of hydrogen-bond acceptors (Lipinski definition) is 6. The number of hydrogen-bond donors (Lipinski definition) is 2. The molecule has 2 N–H and O–H groups in total. The van der Waals surface area contributed by atoms with Crippen molar-refractivity contribution >= 4 is 32.7 Å². The molecule has 1 heterocycles. The van der Waals surface area contributed by atoms with Gasteiger partial charge in [-0.25, -0.2) is 18.2 Å². The highest BCUT2D eigenvalue weighted by Crippen LogP contribution is 2.24. The number of benzene rings is 1. The Labute approximate surface area is 125 Å². The first kappa shape index (κ1) is 15.4. The molecule has 0 spiro atoms. The van der Waals surface area contributed by atoms with E-state index in [0.29, 0.717) is 17.0 Å². The molecule has 7 nitrogen and oxygen atoms in total. The molecule has 0 saturated heterocycles. The van der Waals surface area contributed by atoms with Crippen LogP contribution in [0, 0.1) is 20.8 Å². The number of sulfonamides is 1. The van der Waals surface area contributed by atoms with Crippen molar-refractivity contribution in [3.8, 4) is 0 Å². The molecule has 1 aromatic heterocycles. The topological polar surface area (TPSA) is 109 Å². The second kappa shape index (κ2) is 5.41. The summed E-state index contributed by atoms with van der Waals surface area (Å²) < 4.78 is 31.0. The third-order valence-electron chi connectivity index (χ3n) is 2.91. The van der Waals surface area contributed by atoms with Crippen LogP contribution in [0.3, 0.4) is 0 Å². The highest BCUT2D eigenvalue weighted by Gasteiger charge is 2.22. The maximum Gasteiger partial charge on any atom is 0.335 e. The van der Waals surface area contributed by atoms with Crippen LogP contribution in [0.25, 0.3) is 0 Å². The van der Waals surface area contributed by atoms with E-state index in [0.717, 1.165) is 17.6 Å². The van der Waals surface area contributed by atoms with Crippen molar-refractivity contribution in [2.75, 3.05) is 4.72 Å². The lowest BCUT2D eigenvalue weighted by Crippen LogP contribution is -2.16. The fourth-order valence-electron chi connectivity index (χ4n) is 1.74. The molecule has 2 aromatic rings. The third kappa shape index (κ3) is 3.19. The van der Waals surface area contributed by atoms with Gasteiger partial charge in [-0.1, -0.05) is 0 Å². The van der Waals surface area contributed by atoms with Crippen LogP contribution in [-0.2, 0) is 10.0 Å². The van der Waals surface area contributed by atoms with E-state index in [1.807, 2.05) is 0 Å². The molecular weight excluding hydrogens is 314 g/mol. The monoisotopic (exact) mass is 327 g/mol. The first-order valence-corrected chi connectivity index (χ1v) is 8.14. The number of carbonyl (C=O) groups is 1. The summed E-state index contributed by atoms with van der Waals surface area (Å²) in [4.78, 5) is 14.9. The molecule has 0 aliphatic carbocycles. The van der Waals surface area contributed by atoms with E-state index < -0.39 is 16.0 Å². The Balaban J connectivity index is 2.51. The molecule has 0 fully saturated rings. The Morgan fingerprint density at radius 1 is 1.29 bits per heavy atom. The van der Waals surface area contributed by atoms with Gasteiger partial charge in [0.2, 0.25) is 5.13 Å². The van der Waals surface area contributed by atoms with Crippen LogP contribution in [0.1, 0.15) is 27.3 Å². The predicted octanol–water partition coefficient (Wildman–Crippen LogP) is 1.96. The van der Waals surface area contributed by atoms with Gasteiger partial charge in [-0.15, -0.1) is 0 Å². The lowest BCUT2D eigenvalue weighted by atomic mass is 10.1. The molecule has 2 rings (SSSR count). The molecule has 0 unspecified atom stereocenters. The predicted molar refractivity (Wildman–Crippen MR) is 78.3 cm³/mol. The maximum absolute atomic E-state index is 12.4. The number of rotatable bonds is 4. The Hall–Kier alpha value is -2.00. The number of aromatic nitrogens is 2. The molecule has 0 aliphatic heterocycles. The molecule has 0 bridgehead atoms. The summed E-state index contributed by atoms with van der Waals surface area (Å²) in [5, 5.41) is 9.19. The van der Waals surface area contributed by atoms with E-state index >= 15 is 0 Å². The van der Waals surface area contributed by atoms with Crippen LogP contribution >= 0.6 is 11.5 Å². The number of aromatic carboxylic acids is 1. The fraction of sp³-hybridized carbons (Fsp3) is 0.250. The Bertz CT molecular complexity index is 812. The molecule has 0 radical (unpaired) electrons. The van der Waals surface area contributed by atoms with E-state index in [1.165, 1.54) is 6.07 Å². The van der Waals surface area contributed by atoms with Gasteiger partial charge < -0.3 is 5.11 Å². The van der Waals surface area contributed by atoms with Crippen molar-refractivity contribution in [1.29, 1.82) is 0 Å². The van der Waals surface area contributed by atoms with Crippen molar-refractivity contribution in [1.82, 2.24) is 9.36 Å². The zero-order chi connectivity index (χ0) is 15.8. The van der Waals surface area contributed by atoms with Gasteiger partial charge in [0.1, 0.15) is 5.82 Å². The quantitative estimate of drug-likeness (QED) is 0.888. The molecule has 1 aromatic carbocycles. The second-order valence-corrected chi connectivity index (χ2v) is 6.88. The molecule has 21 heavy (non-hydrogen) atoms. The summed E-state index contributed by atoms with van der Waals surface area (Å²) in [6.45, 7) is 4.94. The highest BCUT2D eigenvalue weighted by molar-refractivity contribution is 7.93. The molecule has 0 atom stereocenters. The van der Waals surface area contributed by atoms with Crippen molar-refractivity contribution in [2.45, 2.75) is 25.7 Å². The lowest BCUT2D eigenvalue weighted by Gasteiger charge is -2.11. The summed E-state index contributed by atoms with van der Waals surface area (Å²) in [5.41, 5.74) is 1.00. The van der Waals surface area contributed by atoms with Crippen LogP contribution in [-0.4, -0.2) is 28.9 Å². The average molecular weight is 327 g/mol. The molecule has 0 amide bonds. The zero-order valence-electron chi connectivity index (χ0n) is 11.5. The first-order valence-electron chi connectivity index (χ1n) is 5.88. The summed E-state index contributed by atoms with van der Waals surface area (Å²) in [7, 11) is -3.91. The van der Waals surface area contributed by atoms with E-state index in [9.17, 15) is 13.2 Å². The largest absolute Gasteiger partial charge is 0.478 e. The summed E-state index contributed by atoms with van der Waals surface area (Å²) in [5.74, 6) is -0.716. The van der Waals surface area contributed by atoms with Crippen molar-refractivity contribution in [3.63, 3.8) is 0 Å². The molecule has 0 aliphatic rings. The smallest absolute Gasteiger partial charge is 0.335 e. The van der Waals surface area contributed by atoms with Gasteiger partial charge in [0.15, 0.2) is 0 Å². The van der Waals surface area contributed by atoms with Gasteiger partial charge in [0.05, 0.1) is 10.5 Å². The average Bonchev–Trinajstić information content (AvgIpc) is 2.76. The van der Waals surface area contributed by atoms with Crippen LogP contribution in [0.4, 0.5) is 5.13 Å². The number of nitrogens with zero attached hydrogens (tertiary/aromatic N) is 2. The summed E-state index contributed by atoms with van der Waals surface area (Å²) >= 11 is 0.924. The van der Waals surface area contributed by atoms with Gasteiger partial charge in [0, 0.05) is 11.5 Å². The van der Waals surface area contributed by atoms with Gasteiger partial charge in [-0.05, 0) is 44.0 Å². The lowest BCUT2D eigenvalue weighted by molar-refractivity contribution is 0.0696.